The second-order valence-electron chi connectivity index (χ2n) is 15.4. The van der Waals surface area contributed by atoms with Crippen LogP contribution < -0.4 is 24.8 Å². The van der Waals surface area contributed by atoms with Gasteiger partial charge < -0.3 is 24.8 Å². The molecule has 0 bridgehead atoms. The number of fused-ring (bicyclic) bond motifs is 2. The average Bonchev–Trinajstić information content (AvgIpc) is 3.65. The number of rotatable bonds is 3. The molecule has 0 aliphatic heterocycles. The van der Waals surface area contributed by atoms with Crippen LogP contribution in [0.25, 0.3) is 54.9 Å². The minimum absolute atomic E-state index is 0. The molecular weight excluding hydrogens is 727 g/mol. The fourth-order valence-corrected chi connectivity index (χ4v) is 6.62. The van der Waals surface area contributed by atoms with Crippen LogP contribution in [0.2, 0.25) is 0 Å². The summed E-state index contributed by atoms with van der Waals surface area (Å²) in [5.74, 6) is 0. The predicted molar refractivity (Wildman–Crippen MR) is 207 cm³/mol. The zero-order valence-electron chi connectivity index (χ0n) is 30.9. The molecule has 3 heteroatoms. The van der Waals surface area contributed by atoms with E-state index >= 15 is 0 Å². The van der Waals surface area contributed by atoms with Crippen LogP contribution in [0.1, 0.15) is 69.4 Å². The molecule has 0 saturated heterocycles. The van der Waals surface area contributed by atoms with Crippen molar-refractivity contribution in [3.05, 3.63) is 155 Å². The summed E-state index contributed by atoms with van der Waals surface area (Å²) < 4.78 is 0. The smallest absolute Gasteiger partial charge is 1.00 e. The fourth-order valence-electron chi connectivity index (χ4n) is 6.62. The molecule has 0 N–H and O–H groups in total. The van der Waals surface area contributed by atoms with Crippen molar-refractivity contribution >= 4 is 21.5 Å². The molecule has 7 aromatic carbocycles. The van der Waals surface area contributed by atoms with Crippen LogP contribution in [0, 0.1) is 20.8 Å². The molecule has 0 atom stereocenters. The molecule has 0 radical (unpaired) electrons. The van der Waals surface area contributed by atoms with Crippen molar-refractivity contribution in [3.8, 4) is 33.4 Å². The Morgan fingerprint density at radius 1 is 0.480 bits per heavy atom. The van der Waals surface area contributed by atoms with Crippen LogP contribution in [0.5, 0.6) is 0 Å². The Bertz CT molecular complexity index is 2160. The Kier molecular flexibility index (Phi) is 13.5. The summed E-state index contributed by atoms with van der Waals surface area (Å²) in [7, 11) is 0. The van der Waals surface area contributed by atoms with Gasteiger partial charge in [0.15, 0.2) is 0 Å². The van der Waals surface area contributed by atoms with E-state index in [4.69, 9.17) is 0 Å². The molecule has 0 amide bonds. The summed E-state index contributed by atoms with van der Waals surface area (Å²) in [4.78, 5) is 0. The van der Waals surface area contributed by atoms with E-state index < -0.39 is 0 Å². The summed E-state index contributed by atoms with van der Waals surface area (Å²) in [5.41, 5.74) is 14.9. The minimum Gasteiger partial charge on any atom is -1.00 e. The molecule has 254 valence electrons. The Labute approximate surface area is 332 Å². The van der Waals surface area contributed by atoms with E-state index in [2.05, 4.69) is 190 Å². The van der Waals surface area contributed by atoms with Gasteiger partial charge in [0.25, 0.3) is 0 Å². The molecule has 0 spiro atoms. The van der Waals surface area contributed by atoms with E-state index in [9.17, 15) is 0 Å². The molecule has 0 aromatic heterocycles. The van der Waals surface area contributed by atoms with Gasteiger partial charge in [0.2, 0.25) is 0 Å². The Morgan fingerprint density at radius 2 is 1.02 bits per heavy atom. The van der Waals surface area contributed by atoms with Crippen LogP contribution in [0.15, 0.2) is 127 Å². The van der Waals surface area contributed by atoms with Gasteiger partial charge in [-0.2, -0.15) is 6.07 Å². The Balaban J connectivity index is 0.000000260. The molecule has 0 aliphatic rings. The molecule has 0 unspecified atom stereocenters. The van der Waals surface area contributed by atoms with Crippen LogP contribution in [-0.4, -0.2) is 0 Å². The topological polar surface area (TPSA) is 0 Å². The first-order chi connectivity index (χ1) is 22.3. The standard InChI is InChI=1S/C26H25.C21H23.2ClH.Zr/c1-18-7-5-8-20(15-18)22-16-21-9-6-10-24(25(21)17-22)19-11-13-23(14-12-19)26(2,3)4;1-14-12-19-15(2)6-11-18(20(19)13-14)16-7-9-17(10-8-16)21(3,4)5;;;/h5-17H,1-4H3;6-13H,1-5H3;2*1H;/q2*-1;;;+4/p-2. The Morgan fingerprint density at radius 3 is 1.56 bits per heavy atom. The third-order valence-corrected chi connectivity index (χ3v) is 9.48. The van der Waals surface area contributed by atoms with Crippen LogP contribution in [0.3, 0.4) is 0 Å². The predicted octanol–water partition coefficient (Wildman–Crippen LogP) is 7.64. The van der Waals surface area contributed by atoms with Crippen molar-refractivity contribution in [1.82, 2.24) is 0 Å². The zero-order valence-corrected chi connectivity index (χ0v) is 34.9. The van der Waals surface area contributed by atoms with Gasteiger partial charge in [0.1, 0.15) is 0 Å². The van der Waals surface area contributed by atoms with E-state index in [0.717, 1.165) is 0 Å². The number of halogens is 2. The van der Waals surface area contributed by atoms with Gasteiger partial charge in [-0.25, -0.2) is 0 Å². The van der Waals surface area contributed by atoms with Crippen molar-refractivity contribution in [2.75, 3.05) is 0 Å². The van der Waals surface area contributed by atoms with Gasteiger partial charge >= 0.3 is 26.2 Å². The van der Waals surface area contributed by atoms with Crippen LogP contribution in [-0.2, 0) is 37.0 Å². The number of hydrogen-bond donors (Lipinski definition) is 0. The molecule has 0 aliphatic carbocycles. The van der Waals surface area contributed by atoms with Crippen molar-refractivity contribution in [1.29, 1.82) is 0 Å². The molecule has 0 fully saturated rings. The third kappa shape index (κ3) is 8.98. The van der Waals surface area contributed by atoms with Gasteiger partial charge in [-0.05, 0) is 40.0 Å². The van der Waals surface area contributed by atoms with Crippen LogP contribution >= 0.6 is 0 Å². The first kappa shape index (κ1) is 41.2. The van der Waals surface area contributed by atoms with Crippen molar-refractivity contribution in [2.24, 2.45) is 0 Å². The first-order valence-electron chi connectivity index (χ1n) is 16.9. The molecule has 0 heterocycles. The minimum atomic E-state index is 0. The molecular formula is C47H48Cl2Zr. The third-order valence-electron chi connectivity index (χ3n) is 9.48. The molecule has 0 nitrogen and oxygen atoms in total. The van der Waals surface area contributed by atoms with E-state index in [0.29, 0.717) is 0 Å². The van der Waals surface area contributed by atoms with Crippen molar-refractivity contribution in [2.45, 2.75) is 73.1 Å². The average molecular weight is 775 g/mol. The summed E-state index contributed by atoms with van der Waals surface area (Å²) in [6.45, 7) is 20.1. The summed E-state index contributed by atoms with van der Waals surface area (Å²) in [5, 5.41) is 5.38. The fraction of sp³-hybridized carbons (Fsp3) is 0.234. The number of aryl methyl sites for hydroxylation is 3. The van der Waals surface area contributed by atoms with Gasteiger partial charge in [-0.3, -0.25) is 0 Å². The van der Waals surface area contributed by atoms with E-state index in [1.807, 2.05) is 0 Å². The maximum atomic E-state index is 2.33. The Hall–Kier alpha value is -3.22. The monoisotopic (exact) mass is 772 g/mol. The second-order valence-corrected chi connectivity index (χ2v) is 15.4. The molecule has 7 rings (SSSR count). The number of benzene rings is 5. The van der Waals surface area contributed by atoms with E-state index in [1.54, 1.807) is 0 Å². The quantitative estimate of drug-likeness (QED) is 0.162. The van der Waals surface area contributed by atoms with Gasteiger partial charge in [-0.1, -0.05) is 169 Å². The first-order valence-corrected chi connectivity index (χ1v) is 16.9. The van der Waals surface area contributed by atoms with Gasteiger partial charge in [0.05, 0.1) is 0 Å². The normalized spacial score (nSPS) is 11.2. The number of hydrogen-bond acceptors (Lipinski definition) is 0. The summed E-state index contributed by atoms with van der Waals surface area (Å²) in [6.07, 6.45) is 0. The van der Waals surface area contributed by atoms with E-state index in [1.165, 1.54) is 82.7 Å². The summed E-state index contributed by atoms with van der Waals surface area (Å²) >= 11 is 0. The zero-order chi connectivity index (χ0) is 33.5. The van der Waals surface area contributed by atoms with Gasteiger partial charge in [-0.15, -0.1) is 68.6 Å². The van der Waals surface area contributed by atoms with Crippen molar-refractivity contribution < 1.29 is 51.0 Å². The maximum Gasteiger partial charge on any atom is 4.00 e. The SMILES string of the molecule is Cc1cc2c(-c3ccc(C(C)(C)C)cc3)ccc(C)c2[cH-]1.Cc1cccc(-c2cc3c(-c4ccc(C(C)(C)C)cc4)cccc3[cH-]2)c1.[Cl-].[Cl-].[Zr+4]. The van der Waals surface area contributed by atoms with Crippen LogP contribution in [0.4, 0.5) is 0 Å². The largest absolute Gasteiger partial charge is 4.00 e. The summed E-state index contributed by atoms with van der Waals surface area (Å²) in [6, 6.07) is 47.1. The van der Waals surface area contributed by atoms with E-state index in [-0.39, 0.29) is 61.8 Å². The maximum absolute atomic E-state index is 2.33. The second kappa shape index (κ2) is 16.4. The van der Waals surface area contributed by atoms with Gasteiger partial charge in [0, 0.05) is 0 Å². The molecule has 50 heavy (non-hydrogen) atoms. The molecule has 0 saturated carbocycles. The molecule has 7 aromatic rings. The van der Waals surface area contributed by atoms with Crippen molar-refractivity contribution in [3.63, 3.8) is 0 Å².